The van der Waals surface area contributed by atoms with Crippen molar-refractivity contribution in [3.05, 3.63) is 0 Å². The van der Waals surface area contributed by atoms with Crippen molar-refractivity contribution in [2.24, 2.45) is 0 Å². The molecule has 0 saturated carbocycles. The van der Waals surface area contributed by atoms with E-state index >= 15 is 0 Å². The number of β-amino-alcohol motifs (C(OH)–C–C–N with tert-alkyl or cyclic N) is 1. The molecular weight excluding hydrogens is 240 g/mol. The molecule has 0 aromatic rings. The van der Waals surface area contributed by atoms with Crippen LogP contribution in [0.1, 0.15) is 20.3 Å². The second-order valence-electron chi connectivity index (χ2n) is 5.02. The maximum Gasteiger partial charge on any atom is 0.151 e. The van der Waals surface area contributed by atoms with E-state index in [0.29, 0.717) is 32.1 Å². The van der Waals surface area contributed by atoms with Gasteiger partial charge in [-0.1, -0.05) is 13.8 Å². The van der Waals surface area contributed by atoms with Crippen molar-refractivity contribution < 1.29 is 13.5 Å². The summed E-state index contributed by atoms with van der Waals surface area (Å²) in [6, 6.07) is 0.356. The summed E-state index contributed by atoms with van der Waals surface area (Å²) in [6.45, 7) is 6.48. The van der Waals surface area contributed by atoms with Gasteiger partial charge in [0.15, 0.2) is 9.84 Å². The topological polar surface area (TPSA) is 69.6 Å². The van der Waals surface area contributed by atoms with Gasteiger partial charge in [-0.2, -0.15) is 0 Å². The molecule has 1 heterocycles. The molecule has 1 rings (SSSR count). The fraction of sp³-hybridized carbons (Fsp3) is 1.00. The van der Waals surface area contributed by atoms with Crippen LogP contribution in [-0.4, -0.2) is 68.3 Å². The summed E-state index contributed by atoms with van der Waals surface area (Å²) < 4.78 is 22.8. The Hall–Kier alpha value is -0.170. The molecular formula is C11H24N2O3S. The summed E-state index contributed by atoms with van der Waals surface area (Å²) in [7, 11) is -2.85. The number of rotatable bonds is 5. The molecule has 0 radical (unpaired) electrons. The lowest BCUT2D eigenvalue weighted by molar-refractivity contribution is 0.113. The van der Waals surface area contributed by atoms with E-state index in [2.05, 4.69) is 5.32 Å². The number of nitrogens with one attached hydrogen (secondary N) is 1. The second-order valence-corrected chi connectivity index (χ2v) is 7.33. The third kappa shape index (κ3) is 6.35. The predicted octanol–water partition coefficient (Wildman–Crippen LogP) is -0.534. The minimum atomic E-state index is -2.85. The summed E-state index contributed by atoms with van der Waals surface area (Å²) in [4.78, 5) is 2.04. The van der Waals surface area contributed by atoms with Crippen LogP contribution in [0.5, 0.6) is 0 Å². The molecule has 102 valence electrons. The van der Waals surface area contributed by atoms with Crippen LogP contribution in [-0.2, 0) is 9.84 Å². The number of aliphatic hydroxyl groups is 1. The van der Waals surface area contributed by atoms with Crippen LogP contribution in [0.2, 0.25) is 0 Å². The van der Waals surface area contributed by atoms with Crippen molar-refractivity contribution >= 4 is 9.84 Å². The van der Waals surface area contributed by atoms with Crippen molar-refractivity contribution in [1.82, 2.24) is 10.2 Å². The summed E-state index contributed by atoms with van der Waals surface area (Å²) in [5.41, 5.74) is 0. The van der Waals surface area contributed by atoms with Gasteiger partial charge in [0.2, 0.25) is 0 Å². The molecule has 0 aromatic carbocycles. The van der Waals surface area contributed by atoms with E-state index in [0.717, 1.165) is 6.54 Å². The SMILES string of the molecule is CC(C)NCC(O)CN1CCCS(=O)(=O)CC1. The molecule has 17 heavy (non-hydrogen) atoms. The zero-order chi connectivity index (χ0) is 12.9. The van der Waals surface area contributed by atoms with Gasteiger partial charge in [0.1, 0.15) is 0 Å². The van der Waals surface area contributed by atoms with E-state index in [4.69, 9.17) is 0 Å². The van der Waals surface area contributed by atoms with Gasteiger partial charge < -0.3 is 10.4 Å². The molecule has 0 aromatic heterocycles. The third-order valence-corrected chi connectivity index (χ3v) is 4.59. The van der Waals surface area contributed by atoms with Crippen LogP contribution in [0.3, 0.4) is 0 Å². The van der Waals surface area contributed by atoms with Crippen molar-refractivity contribution in [1.29, 1.82) is 0 Å². The molecule has 0 bridgehead atoms. The molecule has 1 unspecified atom stereocenters. The van der Waals surface area contributed by atoms with Gasteiger partial charge >= 0.3 is 0 Å². The average molecular weight is 264 g/mol. The first-order valence-corrected chi connectivity index (χ1v) is 8.05. The Morgan fingerprint density at radius 1 is 1.29 bits per heavy atom. The maximum absolute atomic E-state index is 11.4. The highest BCUT2D eigenvalue weighted by molar-refractivity contribution is 7.91. The molecule has 6 heteroatoms. The Bertz CT molecular complexity index is 317. The molecule has 1 saturated heterocycles. The molecule has 1 aliphatic rings. The molecule has 1 fully saturated rings. The zero-order valence-corrected chi connectivity index (χ0v) is 11.5. The number of aliphatic hydroxyl groups excluding tert-OH is 1. The van der Waals surface area contributed by atoms with Crippen LogP contribution in [0, 0.1) is 0 Å². The van der Waals surface area contributed by atoms with Gasteiger partial charge in [-0.05, 0) is 13.0 Å². The number of hydrogen-bond donors (Lipinski definition) is 2. The quantitative estimate of drug-likeness (QED) is 0.698. The Morgan fingerprint density at radius 3 is 2.65 bits per heavy atom. The van der Waals surface area contributed by atoms with E-state index in [9.17, 15) is 13.5 Å². The van der Waals surface area contributed by atoms with Crippen LogP contribution in [0.15, 0.2) is 0 Å². The normalized spacial score (nSPS) is 23.5. The highest BCUT2D eigenvalue weighted by Gasteiger charge is 2.20. The summed E-state index contributed by atoms with van der Waals surface area (Å²) in [6.07, 6.45) is 0.241. The Balaban J connectivity index is 2.31. The van der Waals surface area contributed by atoms with Crippen LogP contribution >= 0.6 is 0 Å². The van der Waals surface area contributed by atoms with Crippen LogP contribution in [0.25, 0.3) is 0 Å². The van der Waals surface area contributed by atoms with E-state index in [-0.39, 0.29) is 11.5 Å². The highest BCUT2D eigenvalue weighted by atomic mass is 32.2. The van der Waals surface area contributed by atoms with Gasteiger partial charge in [-0.25, -0.2) is 8.42 Å². The molecule has 1 atom stereocenters. The smallest absolute Gasteiger partial charge is 0.151 e. The molecule has 0 aliphatic carbocycles. The van der Waals surface area contributed by atoms with Crippen LogP contribution in [0.4, 0.5) is 0 Å². The zero-order valence-electron chi connectivity index (χ0n) is 10.7. The number of sulfone groups is 1. The number of nitrogens with zero attached hydrogens (tertiary/aromatic N) is 1. The molecule has 5 nitrogen and oxygen atoms in total. The van der Waals surface area contributed by atoms with Gasteiger partial charge in [0.05, 0.1) is 17.6 Å². The van der Waals surface area contributed by atoms with Crippen molar-refractivity contribution in [3.63, 3.8) is 0 Å². The lowest BCUT2D eigenvalue weighted by Crippen LogP contribution is -2.41. The monoisotopic (exact) mass is 264 g/mol. The number of hydrogen-bond acceptors (Lipinski definition) is 5. The fourth-order valence-corrected chi connectivity index (χ4v) is 3.22. The first-order valence-electron chi connectivity index (χ1n) is 6.23. The summed E-state index contributed by atoms with van der Waals surface area (Å²) >= 11 is 0. The molecule has 1 aliphatic heterocycles. The third-order valence-electron chi connectivity index (χ3n) is 2.88. The van der Waals surface area contributed by atoms with Gasteiger partial charge in [0, 0.05) is 25.7 Å². The summed E-state index contributed by atoms with van der Waals surface area (Å²) in [5.74, 6) is 0.501. The van der Waals surface area contributed by atoms with Gasteiger partial charge in [0.25, 0.3) is 0 Å². The minimum Gasteiger partial charge on any atom is -0.390 e. The Labute approximate surface area is 104 Å². The van der Waals surface area contributed by atoms with Crippen molar-refractivity contribution in [3.8, 4) is 0 Å². The second kappa shape index (κ2) is 6.68. The highest BCUT2D eigenvalue weighted by Crippen LogP contribution is 2.05. The molecule has 0 amide bonds. The lowest BCUT2D eigenvalue weighted by Gasteiger charge is -2.23. The summed E-state index contributed by atoms with van der Waals surface area (Å²) in [5, 5.41) is 13.0. The maximum atomic E-state index is 11.4. The van der Waals surface area contributed by atoms with Crippen LogP contribution < -0.4 is 5.32 Å². The first-order chi connectivity index (χ1) is 7.89. The standard InChI is InChI=1S/C11H24N2O3S/c1-10(2)12-8-11(14)9-13-4-3-6-17(15,16)7-5-13/h10-12,14H,3-9H2,1-2H3. The van der Waals surface area contributed by atoms with Crippen molar-refractivity contribution in [2.75, 3.05) is 37.7 Å². The largest absolute Gasteiger partial charge is 0.390 e. The minimum absolute atomic E-state index is 0.220. The first kappa shape index (κ1) is 14.9. The van der Waals surface area contributed by atoms with Crippen molar-refractivity contribution in [2.45, 2.75) is 32.4 Å². The van der Waals surface area contributed by atoms with Gasteiger partial charge in [-0.3, -0.25) is 4.90 Å². The lowest BCUT2D eigenvalue weighted by atomic mass is 10.2. The van der Waals surface area contributed by atoms with E-state index in [1.54, 1.807) is 0 Å². The molecule has 2 N–H and O–H groups in total. The predicted molar refractivity (Wildman–Crippen MR) is 68.9 cm³/mol. The van der Waals surface area contributed by atoms with E-state index < -0.39 is 15.9 Å². The average Bonchev–Trinajstić information content (AvgIpc) is 2.37. The Morgan fingerprint density at radius 2 is 2.00 bits per heavy atom. The van der Waals surface area contributed by atoms with E-state index in [1.807, 2.05) is 18.7 Å². The van der Waals surface area contributed by atoms with Gasteiger partial charge in [-0.15, -0.1) is 0 Å². The fourth-order valence-electron chi connectivity index (χ4n) is 1.91. The van der Waals surface area contributed by atoms with E-state index in [1.165, 1.54) is 0 Å². The molecule has 0 spiro atoms. The Kier molecular flexibility index (Phi) is 5.85.